The standard InChI is InChI=1S/C19H35NO5/c1-12(2)14-7-6-13(3)10-15(14)25-16(22)8-9-20-18(24)17(23)19(4,5)11-21/h12-15,17,21,23H,6-11H2,1-5H3,(H,20,24)/t13-,14+,15-,17-/m0/s1. The van der Waals surface area contributed by atoms with Crippen molar-refractivity contribution in [2.75, 3.05) is 13.2 Å². The van der Waals surface area contributed by atoms with Crippen molar-refractivity contribution in [1.29, 1.82) is 0 Å². The van der Waals surface area contributed by atoms with Gasteiger partial charge in [0.1, 0.15) is 12.2 Å². The van der Waals surface area contributed by atoms with Gasteiger partial charge in [-0.15, -0.1) is 0 Å². The third kappa shape index (κ3) is 6.59. The van der Waals surface area contributed by atoms with Gasteiger partial charge in [0.05, 0.1) is 13.0 Å². The summed E-state index contributed by atoms with van der Waals surface area (Å²) in [5.74, 6) is 0.519. The van der Waals surface area contributed by atoms with Crippen LogP contribution in [0.3, 0.4) is 0 Å². The third-order valence-corrected chi connectivity index (χ3v) is 5.27. The molecule has 0 aromatic heterocycles. The van der Waals surface area contributed by atoms with Crippen molar-refractivity contribution in [1.82, 2.24) is 5.32 Å². The third-order valence-electron chi connectivity index (χ3n) is 5.27. The van der Waals surface area contributed by atoms with Crippen LogP contribution in [0.15, 0.2) is 0 Å². The molecule has 1 aliphatic carbocycles. The van der Waals surface area contributed by atoms with Gasteiger partial charge in [-0.3, -0.25) is 9.59 Å². The van der Waals surface area contributed by atoms with E-state index >= 15 is 0 Å². The molecule has 0 spiro atoms. The molecule has 0 radical (unpaired) electrons. The molecule has 0 bridgehead atoms. The Morgan fingerprint density at radius 2 is 1.92 bits per heavy atom. The summed E-state index contributed by atoms with van der Waals surface area (Å²) in [6, 6.07) is 0. The summed E-state index contributed by atoms with van der Waals surface area (Å²) in [6.07, 6.45) is 1.85. The van der Waals surface area contributed by atoms with Gasteiger partial charge in [-0.05, 0) is 30.6 Å². The topological polar surface area (TPSA) is 95.9 Å². The number of aliphatic hydroxyl groups is 2. The lowest BCUT2D eigenvalue weighted by atomic mass is 9.75. The Labute approximate surface area is 151 Å². The lowest BCUT2D eigenvalue weighted by Crippen LogP contribution is -2.46. The molecule has 1 amide bonds. The summed E-state index contributed by atoms with van der Waals surface area (Å²) in [4.78, 5) is 24.0. The second-order valence-corrected chi connectivity index (χ2v) is 8.44. The van der Waals surface area contributed by atoms with E-state index in [9.17, 15) is 19.8 Å². The van der Waals surface area contributed by atoms with Crippen LogP contribution in [0, 0.1) is 23.2 Å². The van der Waals surface area contributed by atoms with Crippen LogP contribution in [-0.4, -0.2) is 47.4 Å². The molecule has 146 valence electrons. The van der Waals surface area contributed by atoms with Crippen molar-refractivity contribution in [3.05, 3.63) is 0 Å². The first-order valence-electron chi connectivity index (χ1n) is 9.34. The van der Waals surface area contributed by atoms with Crippen molar-refractivity contribution in [3.63, 3.8) is 0 Å². The summed E-state index contributed by atoms with van der Waals surface area (Å²) in [6.45, 7) is 9.51. The molecule has 1 saturated carbocycles. The molecule has 3 N–H and O–H groups in total. The number of amides is 1. The zero-order chi connectivity index (χ0) is 19.2. The first-order valence-corrected chi connectivity index (χ1v) is 9.34. The molecule has 0 aliphatic heterocycles. The van der Waals surface area contributed by atoms with Gasteiger partial charge in [0.2, 0.25) is 5.91 Å². The number of ether oxygens (including phenoxy) is 1. The fourth-order valence-electron chi connectivity index (χ4n) is 3.30. The highest BCUT2D eigenvalue weighted by Gasteiger charge is 2.34. The van der Waals surface area contributed by atoms with Crippen molar-refractivity contribution in [3.8, 4) is 0 Å². The zero-order valence-electron chi connectivity index (χ0n) is 16.2. The Hall–Kier alpha value is -1.14. The molecular weight excluding hydrogens is 322 g/mol. The number of carbonyl (C=O) groups is 2. The molecule has 25 heavy (non-hydrogen) atoms. The molecule has 0 saturated heterocycles. The maximum atomic E-state index is 12.1. The SMILES string of the molecule is CC(C)[C@H]1CC[C@H](C)C[C@@H]1OC(=O)CCNC(=O)[C@H](O)C(C)(C)CO. The van der Waals surface area contributed by atoms with Crippen LogP contribution in [0.25, 0.3) is 0 Å². The van der Waals surface area contributed by atoms with E-state index in [1.165, 1.54) is 6.42 Å². The van der Waals surface area contributed by atoms with E-state index in [2.05, 4.69) is 26.1 Å². The molecule has 0 aromatic carbocycles. The average Bonchev–Trinajstić information content (AvgIpc) is 2.53. The molecule has 0 aromatic rings. The van der Waals surface area contributed by atoms with Crippen molar-refractivity contribution >= 4 is 11.9 Å². The molecule has 0 heterocycles. The molecule has 6 heteroatoms. The van der Waals surface area contributed by atoms with Crippen LogP contribution < -0.4 is 5.32 Å². The fourth-order valence-corrected chi connectivity index (χ4v) is 3.30. The minimum absolute atomic E-state index is 0.0501. The first-order chi connectivity index (χ1) is 11.6. The summed E-state index contributed by atoms with van der Waals surface area (Å²) in [5.41, 5.74) is -0.923. The number of rotatable bonds is 8. The molecule has 0 unspecified atom stereocenters. The molecule has 4 atom stereocenters. The second-order valence-electron chi connectivity index (χ2n) is 8.44. The number of nitrogens with one attached hydrogen (secondary N) is 1. The quantitative estimate of drug-likeness (QED) is 0.577. The van der Waals surface area contributed by atoms with Gasteiger partial charge in [0.25, 0.3) is 0 Å². The summed E-state index contributed by atoms with van der Waals surface area (Å²) in [5, 5.41) is 21.6. The molecule has 1 rings (SSSR count). The monoisotopic (exact) mass is 357 g/mol. The van der Waals surface area contributed by atoms with Crippen LogP contribution in [0.5, 0.6) is 0 Å². The summed E-state index contributed by atoms with van der Waals surface area (Å²) in [7, 11) is 0. The zero-order valence-corrected chi connectivity index (χ0v) is 16.2. The smallest absolute Gasteiger partial charge is 0.307 e. The van der Waals surface area contributed by atoms with E-state index < -0.39 is 17.4 Å². The molecule has 1 fully saturated rings. The average molecular weight is 357 g/mol. The number of esters is 1. The first kappa shape index (κ1) is 21.9. The maximum Gasteiger partial charge on any atom is 0.307 e. The lowest BCUT2D eigenvalue weighted by molar-refractivity contribution is -0.155. The van der Waals surface area contributed by atoms with Crippen molar-refractivity contribution in [2.45, 2.75) is 72.5 Å². The number of hydrogen-bond donors (Lipinski definition) is 3. The molecule has 6 nitrogen and oxygen atoms in total. The predicted octanol–water partition coefficient (Wildman–Crippen LogP) is 1.88. The van der Waals surface area contributed by atoms with E-state index in [1.54, 1.807) is 13.8 Å². The number of aliphatic hydroxyl groups excluding tert-OH is 2. The minimum Gasteiger partial charge on any atom is -0.462 e. The van der Waals surface area contributed by atoms with Crippen LogP contribution in [0.1, 0.15) is 60.3 Å². The van der Waals surface area contributed by atoms with E-state index in [1.807, 2.05) is 0 Å². The van der Waals surface area contributed by atoms with Gasteiger partial charge in [-0.25, -0.2) is 0 Å². The van der Waals surface area contributed by atoms with E-state index in [0.717, 1.165) is 12.8 Å². The highest BCUT2D eigenvalue weighted by atomic mass is 16.5. The van der Waals surface area contributed by atoms with Gasteiger partial charge in [0.15, 0.2) is 0 Å². The summed E-state index contributed by atoms with van der Waals surface area (Å²) >= 11 is 0. The largest absolute Gasteiger partial charge is 0.462 e. The number of hydrogen-bond acceptors (Lipinski definition) is 5. The van der Waals surface area contributed by atoms with E-state index in [-0.39, 0.29) is 31.6 Å². The number of carbonyl (C=O) groups excluding carboxylic acids is 2. The predicted molar refractivity (Wildman–Crippen MR) is 95.7 cm³/mol. The second kappa shape index (κ2) is 9.53. The van der Waals surface area contributed by atoms with Gasteiger partial charge in [-0.1, -0.05) is 41.0 Å². The van der Waals surface area contributed by atoms with Crippen LogP contribution in [-0.2, 0) is 14.3 Å². The van der Waals surface area contributed by atoms with Crippen LogP contribution in [0.2, 0.25) is 0 Å². The van der Waals surface area contributed by atoms with E-state index in [4.69, 9.17) is 4.74 Å². The fraction of sp³-hybridized carbons (Fsp3) is 0.895. The molecule has 1 aliphatic rings. The van der Waals surface area contributed by atoms with Gasteiger partial charge >= 0.3 is 5.97 Å². The van der Waals surface area contributed by atoms with Crippen molar-refractivity contribution < 1.29 is 24.5 Å². The molecular formula is C19H35NO5. The van der Waals surface area contributed by atoms with Crippen LogP contribution in [0.4, 0.5) is 0 Å². The normalized spacial score (nSPS) is 25.5. The Morgan fingerprint density at radius 1 is 1.28 bits per heavy atom. The Kier molecular flexibility index (Phi) is 8.35. The summed E-state index contributed by atoms with van der Waals surface area (Å²) < 4.78 is 5.67. The van der Waals surface area contributed by atoms with Crippen molar-refractivity contribution in [2.24, 2.45) is 23.2 Å². The maximum absolute atomic E-state index is 12.1. The Bertz CT molecular complexity index is 449. The van der Waals surface area contributed by atoms with Crippen LogP contribution >= 0.6 is 0 Å². The van der Waals surface area contributed by atoms with Gasteiger partial charge in [0, 0.05) is 12.0 Å². The Balaban J connectivity index is 2.42. The Morgan fingerprint density at radius 3 is 2.48 bits per heavy atom. The van der Waals surface area contributed by atoms with Gasteiger partial charge in [-0.2, -0.15) is 0 Å². The van der Waals surface area contributed by atoms with Gasteiger partial charge < -0.3 is 20.3 Å². The lowest BCUT2D eigenvalue weighted by Gasteiger charge is -2.36. The minimum atomic E-state index is -1.32. The highest BCUT2D eigenvalue weighted by molar-refractivity contribution is 5.81. The van der Waals surface area contributed by atoms with E-state index in [0.29, 0.717) is 17.8 Å². The highest BCUT2D eigenvalue weighted by Crippen LogP contribution is 2.35.